The smallest absolute Gasteiger partial charge is 0.221 e. The molecule has 2 heterocycles. The quantitative estimate of drug-likeness (QED) is 0.552. The van der Waals surface area contributed by atoms with Gasteiger partial charge in [0.05, 0.1) is 37.6 Å². The highest BCUT2D eigenvalue weighted by molar-refractivity contribution is 5.88. The van der Waals surface area contributed by atoms with Gasteiger partial charge in [-0.1, -0.05) is 47.7 Å². The number of ether oxygens (including phenoxy) is 1. The number of nitrogens with one attached hydrogen (secondary N) is 2. The number of carbonyl (C=O) groups is 1. The van der Waals surface area contributed by atoms with E-state index in [1.807, 2.05) is 60.8 Å². The molecule has 0 saturated carbocycles. The summed E-state index contributed by atoms with van der Waals surface area (Å²) in [7, 11) is 0. The SMILES string of the molecule is CC(=O)Nc1ccc(CN[C@@H]2[C@@H](O)CO[C@@H]2Cn2cc(-c3ccccc3)nn2)cc1. The summed E-state index contributed by atoms with van der Waals surface area (Å²) in [5.74, 6) is -0.0986. The molecule has 0 spiro atoms. The number of aromatic nitrogens is 3. The predicted molar refractivity (Wildman–Crippen MR) is 113 cm³/mol. The summed E-state index contributed by atoms with van der Waals surface area (Å²) in [4.78, 5) is 11.1. The zero-order valence-electron chi connectivity index (χ0n) is 16.7. The van der Waals surface area contributed by atoms with E-state index in [4.69, 9.17) is 4.74 Å². The molecular weight excluding hydrogens is 382 g/mol. The highest BCUT2D eigenvalue weighted by Gasteiger charge is 2.36. The van der Waals surface area contributed by atoms with E-state index < -0.39 is 6.10 Å². The Morgan fingerprint density at radius 1 is 1.20 bits per heavy atom. The monoisotopic (exact) mass is 407 g/mol. The zero-order valence-corrected chi connectivity index (χ0v) is 16.7. The minimum absolute atomic E-state index is 0.0986. The summed E-state index contributed by atoms with van der Waals surface area (Å²) in [5.41, 5.74) is 3.62. The van der Waals surface area contributed by atoms with E-state index in [9.17, 15) is 9.90 Å². The van der Waals surface area contributed by atoms with Crippen molar-refractivity contribution in [2.75, 3.05) is 11.9 Å². The summed E-state index contributed by atoms with van der Waals surface area (Å²) in [6, 6.07) is 17.3. The predicted octanol–water partition coefficient (Wildman–Crippen LogP) is 1.82. The zero-order chi connectivity index (χ0) is 20.9. The van der Waals surface area contributed by atoms with Crippen molar-refractivity contribution in [1.29, 1.82) is 0 Å². The van der Waals surface area contributed by atoms with Crippen molar-refractivity contribution < 1.29 is 14.6 Å². The number of benzene rings is 2. The van der Waals surface area contributed by atoms with Crippen molar-refractivity contribution in [2.24, 2.45) is 0 Å². The summed E-state index contributed by atoms with van der Waals surface area (Å²) in [6.45, 7) is 2.84. The number of aliphatic hydroxyl groups is 1. The maximum Gasteiger partial charge on any atom is 0.221 e. The molecule has 3 N–H and O–H groups in total. The van der Waals surface area contributed by atoms with Crippen LogP contribution in [0.2, 0.25) is 0 Å². The molecule has 2 aromatic carbocycles. The molecule has 0 unspecified atom stereocenters. The van der Waals surface area contributed by atoms with Gasteiger partial charge in [-0.05, 0) is 17.7 Å². The number of hydrogen-bond acceptors (Lipinski definition) is 6. The van der Waals surface area contributed by atoms with E-state index in [1.54, 1.807) is 4.68 Å². The molecule has 1 aliphatic rings. The topological polar surface area (TPSA) is 101 Å². The number of rotatable bonds is 7. The van der Waals surface area contributed by atoms with Crippen LogP contribution in [0.5, 0.6) is 0 Å². The third-order valence-corrected chi connectivity index (χ3v) is 5.09. The van der Waals surface area contributed by atoms with Crippen LogP contribution in [0.3, 0.4) is 0 Å². The van der Waals surface area contributed by atoms with Crippen molar-refractivity contribution in [3.63, 3.8) is 0 Å². The van der Waals surface area contributed by atoms with Crippen LogP contribution in [0.15, 0.2) is 60.8 Å². The normalized spacial score (nSPS) is 20.9. The Hall–Kier alpha value is -3.07. The number of hydrogen-bond donors (Lipinski definition) is 3. The third-order valence-electron chi connectivity index (χ3n) is 5.09. The van der Waals surface area contributed by atoms with Gasteiger partial charge in [-0.15, -0.1) is 5.10 Å². The number of amides is 1. The Morgan fingerprint density at radius 3 is 2.70 bits per heavy atom. The van der Waals surface area contributed by atoms with Gasteiger partial charge in [0.15, 0.2) is 0 Å². The van der Waals surface area contributed by atoms with Gasteiger partial charge in [-0.25, -0.2) is 4.68 Å². The van der Waals surface area contributed by atoms with Crippen LogP contribution >= 0.6 is 0 Å². The van der Waals surface area contributed by atoms with Gasteiger partial charge in [0, 0.05) is 24.7 Å². The van der Waals surface area contributed by atoms with Crippen molar-refractivity contribution >= 4 is 11.6 Å². The van der Waals surface area contributed by atoms with E-state index in [0.29, 0.717) is 13.1 Å². The van der Waals surface area contributed by atoms with Crippen LogP contribution < -0.4 is 10.6 Å². The lowest BCUT2D eigenvalue weighted by Crippen LogP contribution is -2.45. The van der Waals surface area contributed by atoms with Crippen molar-refractivity contribution in [3.8, 4) is 11.3 Å². The first-order valence-corrected chi connectivity index (χ1v) is 9.93. The van der Waals surface area contributed by atoms with Crippen molar-refractivity contribution in [1.82, 2.24) is 20.3 Å². The average molecular weight is 407 g/mol. The van der Waals surface area contributed by atoms with Crippen molar-refractivity contribution in [2.45, 2.75) is 38.3 Å². The first-order valence-electron chi connectivity index (χ1n) is 9.93. The lowest BCUT2D eigenvalue weighted by Gasteiger charge is -2.21. The van der Waals surface area contributed by atoms with E-state index >= 15 is 0 Å². The van der Waals surface area contributed by atoms with Crippen LogP contribution in [0.4, 0.5) is 5.69 Å². The van der Waals surface area contributed by atoms with Crippen LogP contribution in [0.25, 0.3) is 11.3 Å². The van der Waals surface area contributed by atoms with E-state index in [-0.39, 0.29) is 24.7 Å². The van der Waals surface area contributed by atoms with E-state index in [0.717, 1.165) is 22.5 Å². The molecule has 156 valence electrons. The summed E-state index contributed by atoms with van der Waals surface area (Å²) in [5, 5.41) is 25.0. The molecule has 0 aliphatic carbocycles. The molecule has 4 rings (SSSR count). The summed E-state index contributed by atoms with van der Waals surface area (Å²) >= 11 is 0. The van der Waals surface area contributed by atoms with Gasteiger partial charge < -0.3 is 20.5 Å². The number of nitrogens with zero attached hydrogens (tertiary/aromatic N) is 3. The molecule has 1 aromatic heterocycles. The Bertz CT molecular complexity index is 974. The first kappa shape index (κ1) is 20.2. The molecule has 1 aliphatic heterocycles. The summed E-state index contributed by atoms with van der Waals surface area (Å²) < 4.78 is 7.55. The lowest BCUT2D eigenvalue weighted by molar-refractivity contribution is -0.114. The molecule has 1 saturated heterocycles. The molecule has 8 nitrogen and oxygen atoms in total. The third kappa shape index (κ3) is 4.91. The fourth-order valence-electron chi connectivity index (χ4n) is 3.57. The Kier molecular flexibility index (Phi) is 6.18. The second-order valence-corrected chi connectivity index (χ2v) is 7.42. The standard InChI is InChI=1S/C22H25N5O3/c1-15(28)24-18-9-7-16(8-10-18)11-23-22-20(29)14-30-21(22)13-27-12-19(25-26-27)17-5-3-2-4-6-17/h2-10,12,20-23,29H,11,13-14H2,1H3,(H,24,28)/t20-,21+,22+/m0/s1. The number of carbonyl (C=O) groups excluding carboxylic acids is 1. The lowest BCUT2D eigenvalue weighted by atomic mass is 10.1. The molecule has 8 heteroatoms. The molecule has 3 aromatic rings. The van der Waals surface area contributed by atoms with Gasteiger partial charge in [-0.3, -0.25) is 4.79 Å². The van der Waals surface area contributed by atoms with Gasteiger partial charge in [0.25, 0.3) is 0 Å². The second kappa shape index (κ2) is 9.17. The van der Waals surface area contributed by atoms with E-state index in [1.165, 1.54) is 6.92 Å². The van der Waals surface area contributed by atoms with Crippen LogP contribution in [0, 0.1) is 0 Å². The highest BCUT2D eigenvalue weighted by Crippen LogP contribution is 2.19. The summed E-state index contributed by atoms with van der Waals surface area (Å²) in [6.07, 6.45) is 1.08. The number of anilines is 1. The largest absolute Gasteiger partial charge is 0.389 e. The molecule has 0 radical (unpaired) electrons. The van der Waals surface area contributed by atoms with Crippen LogP contribution in [-0.4, -0.2) is 50.9 Å². The molecular formula is C22H25N5O3. The highest BCUT2D eigenvalue weighted by atomic mass is 16.5. The Labute approximate surface area is 174 Å². The number of aliphatic hydroxyl groups excluding tert-OH is 1. The van der Waals surface area contributed by atoms with Gasteiger partial charge in [0.1, 0.15) is 5.69 Å². The Morgan fingerprint density at radius 2 is 1.97 bits per heavy atom. The molecule has 0 bridgehead atoms. The van der Waals surface area contributed by atoms with Gasteiger partial charge in [-0.2, -0.15) is 0 Å². The first-order chi connectivity index (χ1) is 14.6. The maximum atomic E-state index is 11.1. The molecule has 30 heavy (non-hydrogen) atoms. The van der Waals surface area contributed by atoms with Gasteiger partial charge >= 0.3 is 0 Å². The van der Waals surface area contributed by atoms with Crippen molar-refractivity contribution in [3.05, 3.63) is 66.4 Å². The molecule has 3 atom stereocenters. The maximum absolute atomic E-state index is 11.1. The second-order valence-electron chi connectivity index (χ2n) is 7.42. The Balaban J connectivity index is 1.36. The average Bonchev–Trinajstić information content (AvgIpc) is 3.35. The van der Waals surface area contributed by atoms with Crippen LogP contribution in [0.1, 0.15) is 12.5 Å². The van der Waals surface area contributed by atoms with Gasteiger partial charge in [0.2, 0.25) is 5.91 Å². The molecule has 1 fully saturated rings. The fourth-order valence-corrected chi connectivity index (χ4v) is 3.57. The minimum atomic E-state index is -0.592. The fraction of sp³-hybridized carbons (Fsp3) is 0.318. The molecule has 1 amide bonds. The van der Waals surface area contributed by atoms with Crippen LogP contribution in [-0.2, 0) is 22.6 Å². The minimum Gasteiger partial charge on any atom is -0.389 e. The van der Waals surface area contributed by atoms with E-state index in [2.05, 4.69) is 20.9 Å².